The maximum absolute atomic E-state index is 11.8. The summed E-state index contributed by atoms with van der Waals surface area (Å²) in [6.07, 6.45) is 0.310. The number of carbonyl (C=O) groups is 2. The highest BCUT2D eigenvalue weighted by Gasteiger charge is 2.40. The van der Waals surface area contributed by atoms with Crippen molar-refractivity contribution < 1.29 is 27.6 Å². The standard InChI is InChI=1S/C10H12N2O6S/c1-10(2-3-19(16,17)5-10)11-8(13)6-4-7(9(14)15)18-12-6/h4H,2-3,5H2,1H3,(H,11,13)(H,14,15). The molecule has 1 atom stereocenters. The predicted octanol–water partition coefficient (Wildman–Crippen LogP) is -0.320. The van der Waals surface area contributed by atoms with Crippen LogP contribution in [0.15, 0.2) is 10.6 Å². The molecule has 0 aliphatic carbocycles. The van der Waals surface area contributed by atoms with Crippen molar-refractivity contribution in [2.45, 2.75) is 18.9 Å². The van der Waals surface area contributed by atoms with E-state index in [0.717, 1.165) is 6.07 Å². The van der Waals surface area contributed by atoms with Crippen LogP contribution in [0.2, 0.25) is 0 Å². The highest BCUT2D eigenvalue weighted by atomic mass is 32.2. The second-order valence-electron chi connectivity index (χ2n) is 4.74. The second-order valence-corrected chi connectivity index (χ2v) is 6.92. The Labute approximate surface area is 108 Å². The number of aromatic nitrogens is 1. The van der Waals surface area contributed by atoms with Gasteiger partial charge in [0.2, 0.25) is 5.76 Å². The van der Waals surface area contributed by atoms with Gasteiger partial charge < -0.3 is 14.9 Å². The van der Waals surface area contributed by atoms with Crippen LogP contribution in [0.3, 0.4) is 0 Å². The van der Waals surface area contributed by atoms with Gasteiger partial charge in [-0.05, 0) is 13.3 Å². The molecular weight excluding hydrogens is 276 g/mol. The number of hydrogen-bond donors (Lipinski definition) is 2. The zero-order chi connectivity index (χ0) is 14.3. The Kier molecular flexibility index (Phi) is 3.09. The van der Waals surface area contributed by atoms with Gasteiger partial charge in [0.25, 0.3) is 5.91 Å². The van der Waals surface area contributed by atoms with Crippen molar-refractivity contribution in [3.05, 3.63) is 17.5 Å². The summed E-state index contributed by atoms with van der Waals surface area (Å²) in [6, 6.07) is 0.991. The average Bonchev–Trinajstić information content (AvgIpc) is 2.83. The van der Waals surface area contributed by atoms with Crippen molar-refractivity contribution >= 4 is 21.7 Å². The molecule has 1 amide bonds. The lowest BCUT2D eigenvalue weighted by Crippen LogP contribution is -2.47. The molecule has 0 saturated carbocycles. The van der Waals surface area contributed by atoms with Gasteiger partial charge in [0.15, 0.2) is 15.5 Å². The van der Waals surface area contributed by atoms with Crippen LogP contribution in [0.25, 0.3) is 0 Å². The molecule has 1 saturated heterocycles. The number of rotatable bonds is 3. The first-order chi connectivity index (χ1) is 8.71. The fraction of sp³-hybridized carbons (Fsp3) is 0.500. The zero-order valence-corrected chi connectivity index (χ0v) is 10.9. The summed E-state index contributed by atoms with van der Waals surface area (Å²) in [6.45, 7) is 1.62. The topological polar surface area (TPSA) is 127 Å². The van der Waals surface area contributed by atoms with Crippen LogP contribution in [-0.2, 0) is 9.84 Å². The molecule has 8 nitrogen and oxygen atoms in total. The Bertz CT molecular complexity index is 634. The Morgan fingerprint density at radius 2 is 2.21 bits per heavy atom. The van der Waals surface area contributed by atoms with E-state index in [4.69, 9.17) is 5.11 Å². The lowest BCUT2D eigenvalue weighted by atomic mass is 10.0. The molecule has 2 N–H and O–H groups in total. The summed E-state index contributed by atoms with van der Waals surface area (Å²) < 4.78 is 27.2. The fourth-order valence-electron chi connectivity index (χ4n) is 1.93. The third-order valence-electron chi connectivity index (χ3n) is 2.87. The van der Waals surface area contributed by atoms with Crippen molar-refractivity contribution in [3.63, 3.8) is 0 Å². The van der Waals surface area contributed by atoms with Crippen LogP contribution in [0.1, 0.15) is 34.4 Å². The van der Waals surface area contributed by atoms with E-state index in [1.807, 2.05) is 0 Å². The Balaban J connectivity index is 2.11. The monoisotopic (exact) mass is 288 g/mol. The molecule has 0 bridgehead atoms. The zero-order valence-electron chi connectivity index (χ0n) is 10.0. The Morgan fingerprint density at radius 3 is 2.68 bits per heavy atom. The van der Waals surface area contributed by atoms with Crippen LogP contribution in [0.4, 0.5) is 0 Å². The van der Waals surface area contributed by atoms with Crippen LogP contribution < -0.4 is 5.32 Å². The second kappa shape index (κ2) is 4.34. The number of amides is 1. The minimum absolute atomic E-state index is 0.0168. The van der Waals surface area contributed by atoms with E-state index in [-0.39, 0.29) is 17.2 Å². The van der Waals surface area contributed by atoms with Gasteiger partial charge in [0.1, 0.15) is 0 Å². The van der Waals surface area contributed by atoms with Crippen LogP contribution in [-0.4, -0.2) is 47.6 Å². The van der Waals surface area contributed by atoms with E-state index < -0.39 is 33.0 Å². The molecule has 104 valence electrons. The van der Waals surface area contributed by atoms with Crippen molar-refractivity contribution in [3.8, 4) is 0 Å². The van der Waals surface area contributed by atoms with Crippen molar-refractivity contribution in [1.82, 2.24) is 10.5 Å². The molecule has 2 heterocycles. The summed E-state index contributed by atoms with van der Waals surface area (Å²) in [4.78, 5) is 22.4. The molecule has 19 heavy (non-hydrogen) atoms. The molecule has 0 spiro atoms. The number of nitrogens with one attached hydrogen (secondary N) is 1. The quantitative estimate of drug-likeness (QED) is 0.780. The van der Waals surface area contributed by atoms with Crippen molar-refractivity contribution in [2.24, 2.45) is 0 Å². The highest BCUT2D eigenvalue weighted by Crippen LogP contribution is 2.23. The molecule has 0 radical (unpaired) electrons. The van der Waals surface area contributed by atoms with E-state index in [2.05, 4.69) is 15.0 Å². The predicted molar refractivity (Wildman–Crippen MR) is 62.6 cm³/mol. The van der Waals surface area contributed by atoms with Crippen LogP contribution in [0, 0.1) is 0 Å². The first-order valence-electron chi connectivity index (χ1n) is 5.44. The number of carboxylic acid groups (broad SMARTS) is 1. The van der Waals surface area contributed by atoms with Gasteiger partial charge in [0.05, 0.1) is 17.0 Å². The number of carboxylic acids is 1. The molecule has 1 aliphatic heterocycles. The fourth-order valence-corrected chi connectivity index (χ4v) is 4.02. The van der Waals surface area contributed by atoms with Gasteiger partial charge in [-0.1, -0.05) is 5.16 Å². The maximum Gasteiger partial charge on any atom is 0.374 e. The summed E-state index contributed by atoms with van der Waals surface area (Å²) >= 11 is 0. The number of sulfone groups is 1. The maximum atomic E-state index is 11.8. The highest BCUT2D eigenvalue weighted by molar-refractivity contribution is 7.91. The molecule has 1 aliphatic rings. The molecule has 2 rings (SSSR count). The summed E-state index contributed by atoms with van der Waals surface area (Å²) in [7, 11) is -3.14. The van der Waals surface area contributed by atoms with Crippen LogP contribution >= 0.6 is 0 Å². The summed E-state index contributed by atoms with van der Waals surface area (Å²) in [5, 5.41) is 14.5. The summed E-state index contributed by atoms with van der Waals surface area (Å²) in [5.41, 5.74) is -1.05. The third-order valence-corrected chi connectivity index (χ3v) is 4.78. The number of nitrogens with zero attached hydrogens (tertiary/aromatic N) is 1. The SMILES string of the molecule is CC1(NC(=O)c2cc(C(=O)O)on2)CCS(=O)(=O)C1. The molecular formula is C10H12N2O6S. The Morgan fingerprint density at radius 1 is 1.53 bits per heavy atom. The lowest BCUT2D eigenvalue weighted by molar-refractivity contribution is 0.0650. The minimum atomic E-state index is -3.14. The van der Waals surface area contributed by atoms with Crippen LogP contribution in [0.5, 0.6) is 0 Å². The molecule has 9 heteroatoms. The van der Waals surface area contributed by atoms with Gasteiger partial charge in [-0.25, -0.2) is 13.2 Å². The van der Waals surface area contributed by atoms with Gasteiger partial charge in [0, 0.05) is 6.07 Å². The van der Waals surface area contributed by atoms with E-state index in [9.17, 15) is 18.0 Å². The van der Waals surface area contributed by atoms with Gasteiger partial charge in [-0.2, -0.15) is 0 Å². The largest absolute Gasteiger partial charge is 0.475 e. The smallest absolute Gasteiger partial charge is 0.374 e. The molecule has 1 aromatic rings. The molecule has 1 aromatic heterocycles. The van der Waals surface area contributed by atoms with Crippen molar-refractivity contribution in [2.75, 3.05) is 11.5 Å². The number of hydrogen-bond acceptors (Lipinski definition) is 6. The van der Waals surface area contributed by atoms with E-state index in [1.54, 1.807) is 6.92 Å². The van der Waals surface area contributed by atoms with E-state index in [0.29, 0.717) is 6.42 Å². The first-order valence-corrected chi connectivity index (χ1v) is 7.26. The number of carbonyl (C=O) groups excluding carboxylic acids is 1. The van der Waals surface area contributed by atoms with Crippen molar-refractivity contribution in [1.29, 1.82) is 0 Å². The summed E-state index contributed by atoms with van der Waals surface area (Å²) in [5.74, 6) is -2.57. The minimum Gasteiger partial charge on any atom is -0.475 e. The molecule has 1 fully saturated rings. The first kappa shape index (κ1) is 13.5. The average molecular weight is 288 g/mol. The lowest BCUT2D eigenvalue weighted by Gasteiger charge is -2.22. The van der Waals surface area contributed by atoms with E-state index in [1.165, 1.54) is 0 Å². The van der Waals surface area contributed by atoms with Gasteiger partial charge >= 0.3 is 5.97 Å². The normalized spacial score (nSPS) is 25.1. The van der Waals surface area contributed by atoms with Gasteiger partial charge in [-0.15, -0.1) is 0 Å². The Hall–Kier alpha value is -1.90. The van der Waals surface area contributed by atoms with Gasteiger partial charge in [-0.3, -0.25) is 4.79 Å². The van der Waals surface area contributed by atoms with E-state index >= 15 is 0 Å². The number of aromatic carboxylic acids is 1. The molecule has 0 aromatic carbocycles. The molecule has 1 unspecified atom stereocenters. The third kappa shape index (κ3) is 2.92.